The summed E-state index contributed by atoms with van der Waals surface area (Å²) < 4.78 is 24.8. The number of rotatable bonds is 3. The van der Waals surface area contributed by atoms with Crippen LogP contribution in [0.25, 0.3) is 0 Å². The second-order valence-corrected chi connectivity index (χ2v) is 3.97. The molecule has 1 unspecified atom stereocenters. The summed E-state index contributed by atoms with van der Waals surface area (Å²) in [5.74, 6) is -2.46. The maximum absolute atomic E-state index is 12.4. The summed E-state index contributed by atoms with van der Waals surface area (Å²) in [5, 5.41) is 2.69. The van der Waals surface area contributed by atoms with E-state index >= 15 is 0 Å². The maximum Gasteiger partial charge on any atom is 0.248 e. The summed E-state index contributed by atoms with van der Waals surface area (Å²) in [6.07, 6.45) is 0.628. The number of carbonyl (C=O) groups excluding carboxylic acids is 1. The minimum Gasteiger partial charge on any atom is -0.354 e. The Morgan fingerprint density at radius 1 is 1.47 bits per heavy atom. The molecule has 0 heterocycles. The highest BCUT2D eigenvalue weighted by Gasteiger charge is 2.45. The van der Waals surface area contributed by atoms with E-state index in [-0.39, 0.29) is 30.7 Å². The first-order valence-corrected chi connectivity index (χ1v) is 5.54. The minimum atomic E-state index is -2.44. The van der Waals surface area contributed by atoms with E-state index in [9.17, 15) is 13.6 Å². The third kappa shape index (κ3) is 5.70. The monoisotopic (exact) mass is 221 g/mol. The average Bonchev–Trinajstić information content (AvgIpc) is 2.02. The molecule has 1 N–H and O–H groups in total. The zero-order valence-corrected chi connectivity index (χ0v) is 9.94. The van der Waals surface area contributed by atoms with Crippen molar-refractivity contribution >= 4 is 5.91 Å². The van der Waals surface area contributed by atoms with E-state index in [1.807, 2.05) is 20.8 Å². The maximum atomic E-state index is 12.4. The van der Waals surface area contributed by atoms with Crippen LogP contribution in [0.4, 0.5) is 8.78 Å². The van der Waals surface area contributed by atoms with Crippen LogP contribution < -0.4 is 5.32 Å². The van der Waals surface area contributed by atoms with E-state index in [0.29, 0.717) is 6.42 Å². The SMILES string of the molecule is CC.CC(=O)NC(C)CC1CC(F)(F)C1. The van der Waals surface area contributed by atoms with E-state index < -0.39 is 5.92 Å². The lowest BCUT2D eigenvalue weighted by atomic mass is 9.78. The number of hydrogen-bond donors (Lipinski definition) is 1. The number of amides is 1. The Morgan fingerprint density at radius 3 is 2.27 bits per heavy atom. The average molecular weight is 221 g/mol. The van der Waals surface area contributed by atoms with Gasteiger partial charge in [0.15, 0.2) is 0 Å². The number of hydrogen-bond acceptors (Lipinski definition) is 1. The summed E-state index contributed by atoms with van der Waals surface area (Å²) in [5.41, 5.74) is 0. The molecule has 1 saturated carbocycles. The van der Waals surface area contributed by atoms with E-state index in [1.165, 1.54) is 6.92 Å². The van der Waals surface area contributed by atoms with Crippen molar-refractivity contribution in [1.29, 1.82) is 0 Å². The molecule has 0 radical (unpaired) electrons. The Bertz CT molecular complexity index is 199. The van der Waals surface area contributed by atoms with Crippen LogP contribution >= 0.6 is 0 Å². The van der Waals surface area contributed by atoms with Gasteiger partial charge in [0.2, 0.25) is 11.8 Å². The fraction of sp³-hybridized carbons (Fsp3) is 0.909. The number of alkyl halides is 2. The molecular weight excluding hydrogens is 200 g/mol. The highest BCUT2D eigenvalue weighted by atomic mass is 19.3. The van der Waals surface area contributed by atoms with Crippen molar-refractivity contribution in [2.75, 3.05) is 0 Å². The summed E-state index contributed by atoms with van der Waals surface area (Å²) in [6.45, 7) is 7.28. The van der Waals surface area contributed by atoms with Gasteiger partial charge in [-0.25, -0.2) is 8.78 Å². The van der Waals surface area contributed by atoms with E-state index in [2.05, 4.69) is 5.32 Å². The van der Waals surface area contributed by atoms with Crippen LogP contribution in [0.5, 0.6) is 0 Å². The molecule has 0 aromatic carbocycles. The van der Waals surface area contributed by atoms with Crippen molar-refractivity contribution in [1.82, 2.24) is 5.32 Å². The van der Waals surface area contributed by atoms with Crippen LogP contribution in [0.15, 0.2) is 0 Å². The van der Waals surface area contributed by atoms with Gasteiger partial charge in [-0.3, -0.25) is 4.79 Å². The molecule has 0 saturated heterocycles. The molecule has 1 aliphatic carbocycles. The predicted octanol–water partition coefficient (Wildman–Crippen LogP) is 2.97. The van der Waals surface area contributed by atoms with Crippen LogP contribution in [0.3, 0.4) is 0 Å². The first kappa shape index (κ1) is 14.3. The van der Waals surface area contributed by atoms with Gasteiger partial charge < -0.3 is 5.32 Å². The second kappa shape index (κ2) is 6.03. The third-order valence-corrected chi connectivity index (χ3v) is 2.31. The van der Waals surface area contributed by atoms with Gasteiger partial charge in [-0.1, -0.05) is 13.8 Å². The molecule has 1 rings (SSSR count). The fourth-order valence-electron chi connectivity index (χ4n) is 1.86. The van der Waals surface area contributed by atoms with Crippen molar-refractivity contribution in [3.05, 3.63) is 0 Å². The molecule has 0 aromatic heterocycles. The molecule has 4 heteroatoms. The van der Waals surface area contributed by atoms with Crippen molar-refractivity contribution in [2.24, 2.45) is 5.92 Å². The smallest absolute Gasteiger partial charge is 0.248 e. The molecule has 15 heavy (non-hydrogen) atoms. The molecule has 0 aliphatic heterocycles. The predicted molar refractivity (Wildman–Crippen MR) is 56.9 cm³/mol. The molecule has 1 aliphatic rings. The summed E-state index contributed by atoms with van der Waals surface area (Å²) in [6, 6.07) is 0.0126. The highest BCUT2D eigenvalue weighted by molar-refractivity contribution is 5.73. The Labute approximate surface area is 90.4 Å². The standard InChI is InChI=1S/C9H15F2NO.C2H6/c1-6(12-7(2)13)3-8-4-9(10,11)5-8;1-2/h6,8H,3-5H2,1-2H3,(H,12,13);1-2H3. The van der Waals surface area contributed by atoms with Crippen molar-refractivity contribution in [2.45, 2.75) is 58.9 Å². The highest BCUT2D eigenvalue weighted by Crippen LogP contribution is 2.44. The Hall–Kier alpha value is -0.670. The minimum absolute atomic E-state index is 0.0126. The van der Waals surface area contributed by atoms with Crippen LogP contribution in [0.1, 0.15) is 47.0 Å². The number of halogens is 2. The van der Waals surface area contributed by atoms with Crippen molar-refractivity contribution < 1.29 is 13.6 Å². The molecule has 1 atom stereocenters. The third-order valence-electron chi connectivity index (χ3n) is 2.31. The molecular formula is C11H21F2NO. The molecule has 0 aromatic rings. The van der Waals surface area contributed by atoms with Gasteiger partial charge in [-0.2, -0.15) is 0 Å². The van der Waals surface area contributed by atoms with Gasteiger partial charge in [-0.15, -0.1) is 0 Å². The fourth-order valence-corrected chi connectivity index (χ4v) is 1.86. The van der Waals surface area contributed by atoms with Crippen LogP contribution in [-0.4, -0.2) is 17.9 Å². The summed E-state index contributed by atoms with van der Waals surface area (Å²) >= 11 is 0. The zero-order valence-electron chi connectivity index (χ0n) is 9.94. The van der Waals surface area contributed by atoms with Gasteiger partial charge in [0, 0.05) is 25.8 Å². The van der Waals surface area contributed by atoms with Crippen LogP contribution in [-0.2, 0) is 4.79 Å². The number of nitrogens with one attached hydrogen (secondary N) is 1. The Morgan fingerprint density at radius 2 is 1.93 bits per heavy atom. The van der Waals surface area contributed by atoms with E-state index in [0.717, 1.165) is 0 Å². The molecule has 0 bridgehead atoms. The van der Waals surface area contributed by atoms with Gasteiger partial charge in [-0.05, 0) is 19.3 Å². The molecule has 2 nitrogen and oxygen atoms in total. The van der Waals surface area contributed by atoms with Crippen molar-refractivity contribution in [3.8, 4) is 0 Å². The Kier molecular flexibility index (Phi) is 5.76. The zero-order chi connectivity index (χ0) is 12.1. The van der Waals surface area contributed by atoms with Gasteiger partial charge in [0.1, 0.15) is 0 Å². The quantitative estimate of drug-likeness (QED) is 0.780. The first-order chi connectivity index (χ1) is 6.89. The molecule has 0 spiro atoms. The van der Waals surface area contributed by atoms with Crippen LogP contribution in [0, 0.1) is 5.92 Å². The largest absolute Gasteiger partial charge is 0.354 e. The molecule has 1 fully saturated rings. The van der Waals surface area contributed by atoms with Gasteiger partial charge in [0.05, 0.1) is 0 Å². The summed E-state index contributed by atoms with van der Waals surface area (Å²) in [7, 11) is 0. The normalized spacial score (nSPS) is 20.7. The lowest BCUT2D eigenvalue weighted by Crippen LogP contribution is -2.40. The van der Waals surface area contributed by atoms with Crippen molar-refractivity contribution in [3.63, 3.8) is 0 Å². The van der Waals surface area contributed by atoms with Crippen LogP contribution in [0.2, 0.25) is 0 Å². The van der Waals surface area contributed by atoms with Gasteiger partial charge >= 0.3 is 0 Å². The second-order valence-electron chi connectivity index (χ2n) is 3.97. The van der Waals surface area contributed by atoms with E-state index in [4.69, 9.17) is 0 Å². The first-order valence-electron chi connectivity index (χ1n) is 5.54. The lowest BCUT2D eigenvalue weighted by Gasteiger charge is -2.36. The van der Waals surface area contributed by atoms with E-state index in [1.54, 1.807) is 0 Å². The topological polar surface area (TPSA) is 29.1 Å². The lowest BCUT2D eigenvalue weighted by molar-refractivity contribution is -0.121. The summed E-state index contributed by atoms with van der Waals surface area (Å²) in [4.78, 5) is 10.6. The molecule has 90 valence electrons. The molecule has 1 amide bonds. The van der Waals surface area contributed by atoms with Gasteiger partial charge in [0.25, 0.3) is 0 Å². The number of carbonyl (C=O) groups is 1. The Balaban J connectivity index is 0.000000921.